The molecule has 1 aromatic heterocycles. The number of rotatable bonds is 6. The van der Waals surface area contributed by atoms with Gasteiger partial charge in [0.25, 0.3) is 5.91 Å². The van der Waals surface area contributed by atoms with Gasteiger partial charge in [-0.1, -0.05) is 24.3 Å². The second-order valence-corrected chi connectivity index (χ2v) is 10.7. The Labute approximate surface area is 199 Å². The molecule has 1 saturated heterocycles. The van der Waals surface area contributed by atoms with E-state index in [4.69, 9.17) is 0 Å². The zero-order chi connectivity index (χ0) is 24.5. The van der Waals surface area contributed by atoms with Crippen LogP contribution in [0.15, 0.2) is 59.5 Å². The van der Waals surface area contributed by atoms with Crippen molar-refractivity contribution in [1.29, 1.82) is 0 Å². The summed E-state index contributed by atoms with van der Waals surface area (Å²) >= 11 is 0. The summed E-state index contributed by atoms with van der Waals surface area (Å²) in [6.45, 7) is 3.97. The highest BCUT2D eigenvalue weighted by Gasteiger charge is 2.28. The van der Waals surface area contributed by atoms with Crippen LogP contribution in [0.25, 0.3) is 10.9 Å². The monoisotopic (exact) mass is 483 g/mol. The van der Waals surface area contributed by atoms with Gasteiger partial charge in [-0.3, -0.25) is 14.5 Å². The minimum Gasteiger partial charge on any atom is -0.351 e. The number of aromatic nitrogens is 1. The smallest absolute Gasteiger partial charge is 0.270 e. The molecule has 180 valence electrons. The van der Waals surface area contributed by atoms with Crippen LogP contribution in [0.1, 0.15) is 17.4 Å². The molecule has 1 aliphatic rings. The molecule has 2 heterocycles. The number of hydrogen-bond donors (Lipinski definition) is 2. The van der Waals surface area contributed by atoms with Gasteiger partial charge in [-0.15, -0.1) is 0 Å². The average Bonchev–Trinajstić information content (AvgIpc) is 3.27. The van der Waals surface area contributed by atoms with E-state index in [9.17, 15) is 18.0 Å². The van der Waals surface area contributed by atoms with Crippen molar-refractivity contribution < 1.29 is 18.0 Å². The van der Waals surface area contributed by atoms with E-state index < -0.39 is 16.1 Å². The van der Waals surface area contributed by atoms with Crippen molar-refractivity contribution in [3.63, 3.8) is 0 Å². The maximum absolute atomic E-state index is 12.9. The van der Waals surface area contributed by atoms with Crippen LogP contribution in [0, 0.1) is 0 Å². The second kappa shape index (κ2) is 9.57. The Morgan fingerprint density at radius 2 is 1.71 bits per heavy atom. The first-order chi connectivity index (χ1) is 16.2. The molecule has 2 aromatic carbocycles. The SMILES string of the molecule is CC(C(=O)Nc1cccc(S(=O)(=O)N(C)C)c1)N1CCN(C(=O)c2cc3ccccc3[nH]2)CC1. The Kier molecular flexibility index (Phi) is 6.74. The number of piperazine rings is 1. The molecule has 0 spiro atoms. The van der Waals surface area contributed by atoms with Crippen molar-refractivity contribution in [3.8, 4) is 0 Å². The maximum atomic E-state index is 12.9. The number of sulfonamides is 1. The summed E-state index contributed by atoms with van der Waals surface area (Å²) in [5.41, 5.74) is 1.91. The topological polar surface area (TPSA) is 106 Å². The minimum absolute atomic E-state index is 0.0492. The van der Waals surface area contributed by atoms with E-state index >= 15 is 0 Å². The van der Waals surface area contributed by atoms with Crippen molar-refractivity contribution in [3.05, 3.63) is 60.3 Å². The van der Waals surface area contributed by atoms with E-state index in [0.717, 1.165) is 15.2 Å². The number of H-pyrrole nitrogens is 1. The predicted octanol–water partition coefficient (Wildman–Crippen LogP) is 2.20. The number of aromatic amines is 1. The van der Waals surface area contributed by atoms with Gasteiger partial charge in [0.05, 0.1) is 10.9 Å². The highest BCUT2D eigenvalue weighted by atomic mass is 32.2. The van der Waals surface area contributed by atoms with Crippen LogP contribution in [0.2, 0.25) is 0 Å². The molecule has 1 aliphatic heterocycles. The third kappa shape index (κ3) is 4.84. The number of hydrogen-bond acceptors (Lipinski definition) is 5. The fraction of sp³-hybridized carbons (Fsp3) is 0.333. The van der Waals surface area contributed by atoms with Crippen LogP contribution in [-0.4, -0.2) is 85.6 Å². The first-order valence-corrected chi connectivity index (χ1v) is 12.6. The summed E-state index contributed by atoms with van der Waals surface area (Å²) in [6, 6.07) is 15.4. The van der Waals surface area contributed by atoms with E-state index in [1.165, 1.54) is 26.2 Å². The number of carbonyl (C=O) groups excluding carboxylic acids is 2. The van der Waals surface area contributed by atoms with Gasteiger partial charge in [-0.2, -0.15) is 0 Å². The summed E-state index contributed by atoms with van der Waals surface area (Å²) in [5, 5.41) is 3.81. The number of nitrogens with zero attached hydrogens (tertiary/aromatic N) is 3. The summed E-state index contributed by atoms with van der Waals surface area (Å²) in [6.07, 6.45) is 0. The fourth-order valence-corrected chi connectivity index (χ4v) is 4.98. The number of para-hydroxylation sites is 1. The van der Waals surface area contributed by atoms with Crippen LogP contribution in [-0.2, 0) is 14.8 Å². The Morgan fingerprint density at radius 3 is 2.38 bits per heavy atom. The number of fused-ring (bicyclic) bond motifs is 1. The standard InChI is InChI=1S/C24H29N5O4S/c1-17(23(30)25-19-8-6-9-20(16-19)34(32,33)27(2)3)28-11-13-29(14-12-28)24(31)22-15-18-7-4-5-10-21(18)26-22/h4-10,15-17,26H,11-14H2,1-3H3,(H,25,30). The molecule has 10 heteroatoms. The van der Waals surface area contributed by atoms with E-state index in [2.05, 4.69) is 10.3 Å². The number of anilines is 1. The summed E-state index contributed by atoms with van der Waals surface area (Å²) in [7, 11) is -0.663. The van der Waals surface area contributed by atoms with Crippen LogP contribution < -0.4 is 5.32 Å². The lowest BCUT2D eigenvalue weighted by molar-refractivity contribution is -0.121. The van der Waals surface area contributed by atoms with Gasteiger partial charge < -0.3 is 15.2 Å². The first kappa shape index (κ1) is 23.9. The van der Waals surface area contributed by atoms with Gasteiger partial charge >= 0.3 is 0 Å². The molecule has 4 rings (SSSR count). The molecule has 2 amide bonds. The van der Waals surface area contributed by atoms with Gasteiger partial charge in [0.2, 0.25) is 15.9 Å². The molecular formula is C24H29N5O4S. The largest absolute Gasteiger partial charge is 0.351 e. The Balaban J connectivity index is 1.35. The van der Waals surface area contributed by atoms with Crippen LogP contribution in [0.4, 0.5) is 5.69 Å². The molecule has 1 fully saturated rings. The Hall–Kier alpha value is -3.21. The van der Waals surface area contributed by atoms with Crippen molar-refractivity contribution in [2.75, 3.05) is 45.6 Å². The summed E-state index contributed by atoms with van der Waals surface area (Å²) in [5.74, 6) is -0.276. The predicted molar refractivity (Wildman–Crippen MR) is 131 cm³/mol. The third-order valence-electron chi connectivity index (χ3n) is 6.17. The van der Waals surface area contributed by atoms with E-state index in [-0.39, 0.29) is 16.7 Å². The summed E-state index contributed by atoms with van der Waals surface area (Å²) < 4.78 is 25.9. The Morgan fingerprint density at radius 1 is 1.00 bits per heavy atom. The van der Waals surface area contributed by atoms with E-state index in [1.54, 1.807) is 17.0 Å². The zero-order valence-corrected chi connectivity index (χ0v) is 20.3. The van der Waals surface area contributed by atoms with Crippen molar-refractivity contribution in [2.45, 2.75) is 17.9 Å². The van der Waals surface area contributed by atoms with Gasteiger partial charge in [-0.05, 0) is 37.3 Å². The van der Waals surface area contributed by atoms with Crippen molar-refractivity contribution in [2.24, 2.45) is 0 Å². The number of amides is 2. The van der Waals surface area contributed by atoms with Gasteiger partial charge in [0.15, 0.2) is 0 Å². The second-order valence-electron chi connectivity index (χ2n) is 8.58. The molecule has 2 N–H and O–H groups in total. The third-order valence-corrected chi connectivity index (χ3v) is 7.98. The summed E-state index contributed by atoms with van der Waals surface area (Å²) in [4.78, 5) is 32.9. The zero-order valence-electron chi connectivity index (χ0n) is 19.5. The highest BCUT2D eigenvalue weighted by Crippen LogP contribution is 2.20. The molecule has 0 saturated carbocycles. The number of nitrogens with one attached hydrogen (secondary N) is 2. The van der Waals surface area contributed by atoms with Crippen molar-refractivity contribution in [1.82, 2.24) is 19.1 Å². The van der Waals surface area contributed by atoms with Gasteiger partial charge in [0, 0.05) is 56.9 Å². The lowest BCUT2D eigenvalue weighted by atomic mass is 10.2. The van der Waals surface area contributed by atoms with Gasteiger partial charge in [0.1, 0.15) is 5.69 Å². The fourth-order valence-electron chi connectivity index (χ4n) is 4.03. The highest BCUT2D eigenvalue weighted by molar-refractivity contribution is 7.89. The van der Waals surface area contributed by atoms with E-state index in [1.807, 2.05) is 42.2 Å². The molecule has 0 radical (unpaired) electrons. The quantitative estimate of drug-likeness (QED) is 0.559. The number of benzene rings is 2. The normalized spacial score (nSPS) is 16.1. The van der Waals surface area contributed by atoms with Crippen LogP contribution in [0.3, 0.4) is 0 Å². The Bertz CT molecular complexity index is 1280. The first-order valence-electron chi connectivity index (χ1n) is 11.1. The molecule has 1 atom stereocenters. The molecule has 34 heavy (non-hydrogen) atoms. The van der Waals surface area contributed by atoms with Gasteiger partial charge in [-0.25, -0.2) is 12.7 Å². The molecule has 0 bridgehead atoms. The molecule has 0 aliphatic carbocycles. The van der Waals surface area contributed by atoms with E-state index in [0.29, 0.717) is 37.6 Å². The average molecular weight is 484 g/mol. The maximum Gasteiger partial charge on any atom is 0.270 e. The molecule has 1 unspecified atom stereocenters. The lowest BCUT2D eigenvalue weighted by Gasteiger charge is -2.37. The molecular weight excluding hydrogens is 454 g/mol. The van der Waals surface area contributed by atoms with Crippen LogP contribution >= 0.6 is 0 Å². The lowest BCUT2D eigenvalue weighted by Crippen LogP contribution is -2.54. The minimum atomic E-state index is -3.59. The van der Waals surface area contributed by atoms with Crippen LogP contribution in [0.5, 0.6) is 0 Å². The number of carbonyl (C=O) groups is 2. The van der Waals surface area contributed by atoms with Crippen molar-refractivity contribution >= 4 is 38.4 Å². The molecule has 3 aromatic rings. The molecule has 9 nitrogen and oxygen atoms in total.